The molecular formula is C26H37N3O5S. The Hall–Kier alpha value is -3.07. The first-order chi connectivity index (χ1) is 16.4. The molecule has 2 aromatic rings. The number of methoxy groups -OCH3 is 1. The lowest BCUT2D eigenvalue weighted by Crippen LogP contribution is -2.53. The fourth-order valence-electron chi connectivity index (χ4n) is 3.72. The molecular weight excluding hydrogens is 466 g/mol. The Bertz CT molecular complexity index is 1130. The van der Waals surface area contributed by atoms with Crippen molar-refractivity contribution >= 4 is 27.5 Å². The van der Waals surface area contributed by atoms with Gasteiger partial charge in [0.25, 0.3) is 0 Å². The minimum atomic E-state index is -3.76. The van der Waals surface area contributed by atoms with Gasteiger partial charge < -0.3 is 15.0 Å². The first-order valence-corrected chi connectivity index (χ1v) is 13.5. The van der Waals surface area contributed by atoms with Crippen LogP contribution in [0.1, 0.15) is 43.9 Å². The molecule has 8 nitrogen and oxygen atoms in total. The average Bonchev–Trinajstić information content (AvgIpc) is 2.78. The number of rotatable bonds is 11. The number of anilines is 1. The smallest absolute Gasteiger partial charge is 0.244 e. The average molecular weight is 504 g/mol. The molecule has 0 bridgehead atoms. The molecule has 9 heteroatoms. The third-order valence-corrected chi connectivity index (χ3v) is 6.93. The molecule has 2 amide bonds. The number of carbonyl (C=O) groups is 2. The van der Waals surface area contributed by atoms with E-state index in [0.29, 0.717) is 17.9 Å². The van der Waals surface area contributed by atoms with Crippen molar-refractivity contribution < 1.29 is 22.7 Å². The highest BCUT2D eigenvalue weighted by atomic mass is 32.2. The molecule has 2 rings (SSSR count). The second-order valence-electron chi connectivity index (χ2n) is 9.00. The van der Waals surface area contributed by atoms with Crippen LogP contribution in [0, 0.1) is 13.8 Å². The Balaban J connectivity index is 2.45. The molecule has 1 atom stereocenters. The van der Waals surface area contributed by atoms with Crippen molar-refractivity contribution in [2.75, 3.05) is 24.2 Å². The zero-order chi connectivity index (χ0) is 26.3. The Morgan fingerprint density at radius 1 is 1.03 bits per heavy atom. The van der Waals surface area contributed by atoms with Gasteiger partial charge in [0, 0.05) is 12.6 Å². The molecule has 0 heterocycles. The van der Waals surface area contributed by atoms with Gasteiger partial charge in [-0.3, -0.25) is 13.9 Å². The number of ether oxygens (including phenoxy) is 1. The van der Waals surface area contributed by atoms with Gasteiger partial charge in [-0.2, -0.15) is 0 Å². The van der Waals surface area contributed by atoms with E-state index in [-0.39, 0.29) is 18.5 Å². The monoisotopic (exact) mass is 503 g/mol. The van der Waals surface area contributed by atoms with Gasteiger partial charge in [0.1, 0.15) is 18.3 Å². The van der Waals surface area contributed by atoms with Crippen molar-refractivity contribution in [3.63, 3.8) is 0 Å². The van der Waals surface area contributed by atoms with Gasteiger partial charge in [0.2, 0.25) is 21.8 Å². The largest absolute Gasteiger partial charge is 0.497 e. The maximum Gasteiger partial charge on any atom is 0.244 e. The Kier molecular flexibility index (Phi) is 9.71. The molecule has 35 heavy (non-hydrogen) atoms. The maximum atomic E-state index is 13.7. The quantitative estimate of drug-likeness (QED) is 0.507. The van der Waals surface area contributed by atoms with Gasteiger partial charge in [0.05, 0.1) is 19.1 Å². The number of hydrogen-bond acceptors (Lipinski definition) is 5. The molecule has 0 aliphatic rings. The summed E-state index contributed by atoms with van der Waals surface area (Å²) in [6.45, 7) is 9.10. The van der Waals surface area contributed by atoms with E-state index < -0.39 is 28.5 Å². The summed E-state index contributed by atoms with van der Waals surface area (Å²) < 4.78 is 31.7. The number of amides is 2. The molecule has 0 aliphatic carbocycles. The summed E-state index contributed by atoms with van der Waals surface area (Å²) in [5, 5.41) is 2.88. The highest BCUT2D eigenvalue weighted by molar-refractivity contribution is 7.92. The lowest BCUT2D eigenvalue weighted by molar-refractivity contribution is -0.140. The minimum Gasteiger partial charge on any atom is -0.497 e. The molecule has 0 aliphatic heterocycles. The third kappa shape index (κ3) is 7.71. The summed E-state index contributed by atoms with van der Waals surface area (Å²) in [5.41, 5.74) is 3.15. The van der Waals surface area contributed by atoms with Crippen molar-refractivity contribution in [1.29, 1.82) is 0 Å². The maximum absolute atomic E-state index is 13.7. The topological polar surface area (TPSA) is 96.0 Å². The molecule has 0 saturated carbocycles. The number of nitrogens with zero attached hydrogens (tertiary/aromatic N) is 2. The third-order valence-electron chi connectivity index (χ3n) is 5.79. The summed E-state index contributed by atoms with van der Waals surface area (Å²) in [6.07, 6.45) is 1.45. The van der Waals surface area contributed by atoms with Crippen LogP contribution in [0.2, 0.25) is 0 Å². The molecule has 1 N–H and O–H groups in total. The molecule has 0 unspecified atom stereocenters. The second-order valence-corrected chi connectivity index (χ2v) is 10.9. The van der Waals surface area contributed by atoms with E-state index in [4.69, 9.17) is 4.74 Å². The van der Waals surface area contributed by atoms with Gasteiger partial charge >= 0.3 is 0 Å². The van der Waals surface area contributed by atoms with Crippen LogP contribution in [0.25, 0.3) is 0 Å². The Morgan fingerprint density at radius 3 is 2.14 bits per heavy atom. The van der Waals surface area contributed by atoms with E-state index in [1.165, 1.54) is 4.90 Å². The summed E-state index contributed by atoms with van der Waals surface area (Å²) >= 11 is 0. The van der Waals surface area contributed by atoms with E-state index in [2.05, 4.69) is 5.32 Å². The Morgan fingerprint density at radius 2 is 1.66 bits per heavy atom. The predicted octanol–water partition coefficient (Wildman–Crippen LogP) is 3.41. The van der Waals surface area contributed by atoms with Crippen LogP contribution in [0.4, 0.5) is 5.69 Å². The van der Waals surface area contributed by atoms with Crippen molar-refractivity contribution in [3.8, 4) is 5.75 Å². The second kappa shape index (κ2) is 12.1. The molecule has 0 spiro atoms. The van der Waals surface area contributed by atoms with Crippen LogP contribution < -0.4 is 14.4 Å². The zero-order valence-electron chi connectivity index (χ0n) is 21.7. The molecule has 0 radical (unpaired) electrons. The minimum absolute atomic E-state index is 0.0995. The number of benzene rings is 2. The summed E-state index contributed by atoms with van der Waals surface area (Å²) in [4.78, 5) is 28.1. The normalized spacial score (nSPS) is 12.2. The molecule has 0 aromatic heterocycles. The number of hydrogen-bond donors (Lipinski definition) is 1. The lowest BCUT2D eigenvalue weighted by atomic mass is 10.1. The van der Waals surface area contributed by atoms with Crippen molar-refractivity contribution in [3.05, 3.63) is 59.2 Å². The van der Waals surface area contributed by atoms with Crippen LogP contribution >= 0.6 is 0 Å². The lowest BCUT2D eigenvalue weighted by Gasteiger charge is -2.33. The molecule has 0 saturated heterocycles. The molecule has 2 aromatic carbocycles. The zero-order valence-corrected chi connectivity index (χ0v) is 22.5. The molecule has 0 fully saturated rings. The van der Waals surface area contributed by atoms with E-state index in [1.807, 2.05) is 52.8 Å². The van der Waals surface area contributed by atoms with Gasteiger partial charge in [-0.25, -0.2) is 8.42 Å². The van der Waals surface area contributed by atoms with Gasteiger partial charge in [-0.1, -0.05) is 25.1 Å². The fourth-order valence-corrected chi connectivity index (χ4v) is 4.56. The fraction of sp³-hybridized carbons (Fsp3) is 0.462. The highest BCUT2D eigenvalue weighted by Crippen LogP contribution is 2.23. The van der Waals surface area contributed by atoms with Crippen molar-refractivity contribution in [2.45, 2.75) is 59.7 Å². The standard InChI is InChI=1S/C26H37N3O5S/c1-8-24(26(31)27-18(2)3)28(16-21-10-13-23(34-6)14-11-21)25(30)17-29(35(7,32)33)22-12-9-19(4)20(5)15-22/h9-15,18,24H,8,16-17H2,1-7H3,(H,27,31)/t24-/m1/s1. The first kappa shape index (κ1) is 28.2. The van der Waals surface area contributed by atoms with E-state index in [9.17, 15) is 18.0 Å². The SMILES string of the molecule is CC[C@H](C(=O)NC(C)C)N(Cc1ccc(OC)cc1)C(=O)CN(c1ccc(C)c(C)c1)S(C)(=O)=O. The number of carbonyl (C=O) groups excluding carboxylic acids is 2. The van der Waals surface area contributed by atoms with Crippen molar-refractivity contribution in [1.82, 2.24) is 10.2 Å². The van der Waals surface area contributed by atoms with Gasteiger partial charge in [-0.15, -0.1) is 0 Å². The van der Waals surface area contributed by atoms with Gasteiger partial charge in [0.15, 0.2) is 0 Å². The predicted molar refractivity (Wildman–Crippen MR) is 139 cm³/mol. The summed E-state index contributed by atoms with van der Waals surface area (Å²) in [7, 11) is -2.19. The van der Waals surface area contributed by atoms with E-state index >= 15 is 0 Å². The van der Waals surface area contributed by atoms with Gasteiger partial charge in [-0.05, 0) is 75.1 Å². The van der Waals surface area contributed by atoms with Crippen LogP contribution in [0.5, 0.6) is 5.75 Å². The highest BCUT2D eigenvalue weighted by Gasteiger charge is 2.32. The van der Waals surface area contributed by atoms with Crippen LogP contribution in [0.3, 0.4) is 0 Å². The number of nitrogens with one attached hydrogen (secondary N) is 1. The van der Waals surface area contributed by atoms with E-state index in [1.54, 1.807) is 31.4 Å². The number of sulfonamides is 1. The summed E-state index contributed by atoms with van der Waals surface area (Å²) in [6, 6.07) is 11.6. The number of aryl methyl sites for hydroxylation is 2. The first-order valence-electron chi connectivity index (χ1n) is 11.6. The Labute approximate surface area is 209 Å². The summed E-state index contributed by atoms with van der Waals surface area (Å²) in [5.74, 6) is -0.0640. The van der Waals surface area contributed by atoms with E-state index in [0.717, 1.165) is 27.3 Å². The molecule has 192 valence electrons. The van der Waals surface area contributed by atoms with Crippen LogP contribution in [-0.4, -0.2) is 57.1 Å². The van der Waals surface area contributed by atoms with Crippen LogP contribution in [-0.2, 0) is 26.2 Å². The van der Waals surface area contributed by atoms with Crippen LogP contribution in [0.15, 0.2) is 42.5 Å². The van der Waals surface area contributed by atoms with Crippen molar-refractivity contribution in [2.24, 2.45) is 0 Å².